The van der Waals surface area contributed by atoms with E-state index in [-0.39, 0.29) is 11.9 Å². The molecule has 4 heteroatoms. The van der Waals surface area contributed by atoms with E-state index in [4.69, 9.17) is 4.74 Å². The fraction of sp³-hybridized carbons (Fsp3) is 0.533. The van der Waals surface area contributed by atoms with Crippen LogP contribution in [0.15, 0.2) is 18.2 Å². The van der Waals surface area contributed by atoms with E-state index in [1.807, 2.05) is 11.0 Å². The zero-order valence-corrected chi connectivity index (χ0v) is 11.6. The zero-order chi connectivity index (χ0) is 13.4. The number of methoxy groups -OCH3 is 1. The number of carbonyl (C=O) groups is 1. The molecule has 0 saturated carbocycles. The van der Waals surface area contributed by atoms with Gasteiger partial charge in [0.05, 0.1) is 7.11 Å². The molecule has 2 heterocycles. The third-order valence-corrected chi connectivity index (χ3v) is 4.20. The van der Waals surface area contributed by atoms with Crippen molar-refractivity contribution in [2.75, 3.05) is 31.6 Å². The molecule has 1 aromatic carbocycles. The molecule has 0 aliphatic carbocycles. The van der Waals surface area contributed by atoms with Gasteiger partial charge >= 0.3 is 0 Å². The van der Waals surface area contributed by atoms with Crippen molar-refractivity contribution >= 4 is 11.6 Å². The number of nitrogens with zero attached hydrogens (tertiary/aromatic N) is 2. The predicted octanol–water partition coefficient (Wildman–Crippen LogP) is 1.68. The summed E-state index contributed by atoms with van der Waals surface area (Å²) in [5.74, 6) is 1.14. The molecule has 3 rings (SSSR count). The van der Waals surface area contributed by atoms with Crippen LogP contribution in [0.4, 0.5) is 5.69 Å². The Labute approximate surface area is 113 Å². The van der Waals surface area contributed by atoms with Crippen molar-refractivity contribution in [3.8, 4) is 5.75 Å². The van der Waals surface area contributed by atoms with Gasteiger partial charge in [-0.2, -0.15) is 0 Å². The first kappa shape index (κ1) is 12.3. The number of fused-ring (bicyclic) bond motifs is 3. The second kappa shape index (κ2) is 4.76. The maximum absolute atomic E-state index is 12.5. The molecule has 19 heavy (non-hydrogen) atoms. The molecule has 2 aliphatic heterocycles. The highest BCUT2D eigenvalue weighted by Gasteiger charge is 2.38. The zero-order valence-electron chi connectivity index (χ0n) is 11.6. The van der Waals surface area contributed by atoms with Gasteiger partial charge in [0.15, 0.2) is 0 Å². The van der Waals surface area contributed by atoms with Crippen molar-refractivity contribution in [2.24, 2.45) is 0 Å². The highest BCUT2D eigenvalue weighted by atomic mass is 16.5. The maximum atomic E-state index is 12.5. The van der Waals surface area contributed by atoms with E-state index < -0.39 is 0 Å². The van der Waals surface area contributed by atoms with Crippen LogP contribution in [0, 0.1) is 0 Å². The molecule has 102 valence electrons. The number of carbonyl (C=O) groups excluding carboxylic acids is 1. The SMILES string of the molecule is CCN1CCCN2c3cc(OC)ccc3CC2C1=O. The van der Waals surface area contributed by atoms with E-state index in [0.717, 1.165) is 38.2 Å². The summed E-state index contributed by atoms with van der Waals surface area (Å²) in [6.07, 6.45) is 1.86. The highest BCUT2D eigenvalue weighted by molar-refractivity contribution is 5.89. The Morgan fingerprint density at radius 1 is 1.37 bits per heavy atom. The summed E-state index contributed by atoms with van der Waals surface area (Å²) in [6, 6.07) is 6.12. The molecular formula is C15H20N2O2. The van der Waals surface area contributed by atoms with Crippen LogP contribution in [0.2, 0.25) is 0 Å². The number of amides is 1. The smallest absolute Gasteiger partial charge is 0.245 e. The molecule has 0 radical (unpaired) electrons. The fourth-order valence-electron chi connectivity index (χ4n) is 3.16. The second-order valence-electron chi connectivity index (χ2n) is 5.18. The molecule has 1 atom stereocenters. The second-order valence-corrected chi connectivity index (χ2v) is 5.18. The molecular weight excluding hydrogens is 240 g/mol. The summed E-state index contributed by atoms with van der Waals surface area (Å²) < 4.78 is 5.30. The summed E-state index contributed by atoms with van der Waals surface area (Å²) in [5, 5.41) is 0. The van der Waals surface area contributed by atoms with E-state index in [9.17, 15) is 4.79 Å². The first-order chi connectivity index (χ1) is 9.24. The minimum absolute atomic E-state index is 0.00967. The lowest BCUT2D eigenvalue weighted by molar-refractivity contribution is -0.131. The van der Waals surface area contributed by atoms with Crippen LogP contribution in [0.3, 0.4) is 0 Å². The van der Waals surface area contributed by atoms with Gasteiger partial charge in [0, 0.05) is 37.8 Å². The van der Waals surface area contributed by atoms with Gasteiger partial charge in [0.2, 0.25) is 5.91 Å². The quantitative estimate of drug-likeness (QED) is 0.811. The lowest BCUT2D eigenvalue weighted by Gasteiger charge is -2.26. The van der Waals surface area contributed by atoms with Crippen LogP contribution in [0.25, 0.3) is 0 Å². The molecule has 1 amide bonds. The van der Waals surface area contributed by atoms with Crippen molar-refractivity contribution in [3.05, 3.63) is 23.8 Å². The standard InChI is InChI=1S/C15H20N2O2/c1-3-16-7-4-8-17-13-10-12(19-2)6-5-11(13)9-14(17)15(16)18/h5-6,10,14H,3-4,7-9H2,1-2H3. The minimum Gasteiger partial charge on any atom is -0.497 e. The molecule has 2 aliphatic rings. The van der Waals surface area contributed by atoms with Crippen LogP contribution in [0.5, 0.6) is 5.75 Å². The molecule has 0 aromatic heterocycles. The van der Waals surface area contributed by atoms with E-state index in [0.29, 0.717) is 0 Å². The lowest BCUT2D eigenvalue weighted by atomic mass is 10.1. The van der Waals surface area contributed by atoms with Crippen molar-refractivity contribution in [2.45, 2.75) is 25.8 Å². The minimum atomic E-state index is -0.00967. The van der Waals surface area contributed by atoms with Crippen LogP contribution in [-0.2, 0) is 11.2 Å². The largest absolute Gasteiger partial charge is 0.497 e. The Morgan fingerprint density at radius 2 is 2.21 bits per heavy atom. The van der Waals surface area contributed by atoms with Crippen molar-refractivity contribution in [1.82, 2.24) is 4.90 Å². The Morgan fingerprint density at radius 3 is 2.95 bits per heavy atom. The maximum Gasteiger partial charge on any atom is 0.245 e. The van der Waals surface area contributed by atoms with Crippen LogP contribution in [0.1, 0.15) is 18.9 Å². The van der Waals surface area contributed by atoms with E-state index >= 15 is 0 Å². The van der Waals surface area contributed by atoms with E-state index in [1.165, 1.54) is 11.3 Å². The molecule has 0 N–H and O–H groups in total. The van der Waals surface area contributed by atoms with Crippen LogP contribution in [-0.4, -0.2) is 43.6 Å². The topological polar surface area (TPSA) is 32.8 Å². The number of hydrogen-bond donors (Lipinski definition) is 0. The van der Waals surface area contributed by atoms with E-state index in [2.05, 4.69) is 24.0 Å². The van der Waals surface area contributed by atoms with Crippen molar-refractivity contribution in [1.29, 1.82) is 0 Å². The summed E-state index contributed by atoms with van der Waals surface area (Å²) in [4.78, 5) is 16.8. The van der Waals surface area contributed by atoms with Gasteiger partial charge in [-0.15, -0.1) is 0 Å². The molecule has 4 nitrogen and oxygen atoms in total. The summed E-state index contributed by atoms with van der Waals surface area (Å²) >= 11 is 0. The predicted molar refractivity (Wildman–Crippen MR) is 74.7 cm³/mol. The summed E-state index contributed by atoms with van der Waals surface area (Å²) in [7, 11) is 1.68. The van der Waals surface area contributed by atoms with Gasteiger partial charge in [-0.3, -0.25) is 4.79 Å². The molecule has 1 unspecified atom stereocenters. The lowest BCUT2D eigenvalue weighted by Crippen LogP contribution is -2.44. The monoisotopic (exact) mass is 260 g/mol. The number of anilines is 1. The number of ether oxygens (including phenoxy) is 1. The van der Waals surface area contributed by atoms with Crippen LogP contribution >= 0.6 is 0 Å². The van der Waals surface area contributed by atoms with Gasteiger partial charge < -0.3 is 14.5 Å². The molecule has 0 spiro atoms. The molecule has 1 aromatic rings. The number of hydrogen-bond acceptors (Lipinski definition) is 3. The first-order valence-corrected chi connectivity index (χ1v) is 6.97. The Bertz CT molecular complexity index is 501. The first-order valence-electron chi connectivity index (χ1n) is 6.97. The average Bonchev–Trinajstić information content (AvgIpc) is 2.72. The third-order valence-electron chi connectivity index (χ3n) is 4.20. The van der Waals surface area contributed by atoms with Gasteiger partial charge in [0.1, 0.15) is 11.8 Å². The Kier molecular flexibility index (Phi) is 3.09. The number of benzene rings is 1. The van der Waals surface area contributed by atoms with Gasteiger partial charge in [-0.25, -0.2) is 0 Å². The van der Waals surface area contributed by atoms with Gasteiger partial charge in [0.25, 0.3) is 0 Å². The highest BCUT2D eigenvalue weighted by Crippen LogP contribution is 2.36. The van der Waals surface area contributed by atoms with Crippen LogP contribution < -0.4 is 9.64 Å². The Balaban J connectivity index is 1.95. The van der Waals surface area contributed by atoms with Crippen molar-refractivity contribution in [3.63, 3.8) is 0 Å². The molecule has 0 bridgehead atoms. The normalized spacial score (nSPS) is 22.0. The fourth-order valence-corrected chi connectivity index (χ4v) is 3.16. The van der Waals surface area contributed by atoms with Gasteiger partial charge in [-0.05, 0) is 25.0 Å². The number of rotatable bonds is 2. The van der Waals surface area contributed by atoms with Gasteiger partial charge in [-0.1, -0.05) is 6.07 Å². The van der Waals surface area contributed by atoms with E-state index in [1.54, 1.807) is 7.11 Å². The Hall–Kier alpha value is -1.71. The molecule has 1 fully saturated rings. The average molecular weight is 260 g/mol. The van der Waals surface area contributed by atoms with Crippen molar-refractivity contribution < 1.29 is 9.53 Å². The molecule has 1 saturated heterocycles. The summed E-state index contributed by atoms with van der Waals surface area (Å²) in [5.41, 5.74) is 2.44. The number of likely N-dealkylation sites (N-methyl/N-ethyl adjacent to an activating group) is 1. The third kappa shape index (κ3) is 1.95. The summed E-state index contributed by atoms with van der Waals surface area (Å²) in [6.45, 7) is 4.69.